The van der Waals surface area contributed by atoms with Crippen LogP contribution in [0.15, 0.2) is 24.3 Å². The van der Waals surface area contributed by atoms with Crippen molar-refractivity contribution in [2.24, 2.45) is 5.92 Å². The predicted octanol–water partition coefficient (Wildman–Crippen LogP) is 3.28. The van der Waals surface area contributed by atoms with E-state index in [9.17, 15) is 13.2 Å². The fourth-order valence-corrected chi connectivity index (χ4v) is 3.06. The number of piperidine rings is 1. The average Bonchev–Trinajstić information content (AvgIpc) is 2.56. The van der Waals surface area contributed by atoms with E-state index < -0.39 is 12.1 Å². The molecule has 1 aromatic carbocycles. The predicted molar refractivity (Wildman–Crippen MR) is 92.8 cm³/mol. The number of nitrogens with one attached hydrogen (secondary N) is 1. The molecule has 3 N–H and O–H groups in total. The van der Waals surface area contributed by atoms with Crippen LogP contribution in [0.3, 0.4) is 0 Å². The molecule has 1 aliphatic heterocycles. The number of nitrogen functional groups attached to an aromatic ring is 1. The van der Waals surface area contributed by atoms with E-state index >= 15 is 0 Å². The zero-order chi connectivity index (χ0) is 18.7. The molecule has 1 aromatic heterocycles. The maximum Gasteiger partial charge on any atom is 0.393 e. The van der Waals surface area contributed by atoms with E-state index in [2.05, 4.69) is 20.3 Å². The topological polar surface area (TPSA) is 80.0 Å². The van der Waals surface area contributed by atoms with Crippen LogP contribution >= 0.6 is 0 Å². The summed E-state index contributed by atoms with van der Waals surface area (Å²) in [7, 11) is 0. The van der Waals surface area contributed by atoms with Gasteiger partial charge in [-0.25, -0.2) is 0 Å². The quantitative estimate of drug-likeness (QED) is 0.864. The lowest BCUT2D eigenvalue weighted by Gasteiger charge is -2.33. The molecule has 2 aromatic rings. The Morgan fingerprint density at radius 3 is 2.73 bits per heavy atom. The summed E-state index contributed by atoms with van der Waals surface area (Å²) in [6.45, 7) is 2.69. The summed E-state index contributed by atoms with van der Waals surface area (Å²) in [5.74, 6) is -0.627. The third kappa shape index (κ3) is 4.60. The lowest BCUT2D eigenvalue weighted by molar-refractivity contribution is -0.187. The maximum atomic E-state index is 13.0. The molecule has 2 heterocycles. The van der Waals surface area contributed by atoms with Crippen molar-refractivity contribution in [2.45, 2.75) is 32.5 Å². The molecular formula is C17H21F3N6. The van der Waals surface area contributed by atoms with Gasteiger partial charge in [-0.05, 0) is 37.9 Å². The van der Waals surface area contributed by atoms with Crippen LogP contribution in [-0.2, 0) is 6.54 Å². The van der Waals surface area contributed by atoms with Gasteiger partial charge in [0.2, 0.25) is 11.9 Å². The largest absolute Gasteiger partial charge is 0.393 e. The summed E-state index contributed by atoms with van der Waals surface area (Å²) in [5, 5.41) is 3.08. The summed E-state index contributed by atoms with van der Waals surface area (Å²) in [6, 6.07) is 7.62. The van der Waals surface area contributed by atoms with Crippen molar-refractivity contribution in [3.63, 3.8) is 0 Å². The summed E-state index contributed by atoms with van der Waals surface area (Å²) in [6.07, 6.45) is -3.51. The Balaban J connectivity index is 1.72. The molecule has 1 fully saturated rings. The van der Waals surface area contributed by atoms with Crippen molar-refractivity contribution >= 4 is 17.6 Å². The molecule has 0 bridgehead atoms. The number of aromatic nitrogens is 3. The molecule has 0 unspecified atom stereocenters. The van der Waals surface area contributed by atoms with Crippen LogP contribution < -0.4 is 11.1 Å². The fraction of sp³-hybridized carbons (Fsp3) is 0.471. The van der Waals surface area contributed by atoms with Crippen molar-refractivity contribution in [3.8, 4) is 0 Å². The van der Waals surface area contributed by atoms with Crippen molar-refractivity contribution in [1.82, 2.24) is 19.9 Å². The number of hydrogen-bond acceptors (Lipinski definition) is 6. The molecule has 0 radical (unpaired) electrons. The van der Waals surface area contributed by atoms with Crippen molar-refractivity contribution < 1.29 is 13.2 Å². The molecule has 3 rings (SSSR count). The van der Waals surface area contributed by atoms with Gasteiger partial charge in [0.15, 0.2) is 0 Å². The molecule has 140 valence electrons. The second kappa shape index (κ2) is 7.45. The Kier molecular flexibility index (Phi) is 5.26. The third-order valence-corrected chi connectivity index (χ3v) is 4.42. The first-order chi connectivity index (χ1) is 12.3. The minimum atomic E-state index is -4.17. The number of nitrogens with zero attached hydrogens (tertiary/aromatic N) is 4. The zero-order valence-electron chi connectivity index (χ0n) is 14.4. The number of aryl methyl sites for hydroxylation is 1. The van der Waals surface area contributed by atoms with E-state index in [4.69, 9.17) is 5.73 Å². The molecule has 0 amide bonds. The van der Waals surface area contributed by atoms with E-state index in [-0.39, 0.29) is 31.4 Å². The van der Waals surface area contributed by atoms with E-state index in [1.807, 2.05) is 31.2 Å². The Morgan fingerprint density at radius 2 is 2.00 bits per heavy atom. The smallest absolute Gasteiger partial charge is 0.368 e. The Labute approximate surface area is 149 Å². The fourth-order valence-electron chi connectivity index (χ4n) is 3.06. The highest BCUT2D eigenvalue weighted by atomic mass is 19.4. The normalized spacial score (nSPS) is 18.7. The SMILES string of the molecule is Cc1ccccc1Nc1nc(N)nc(CN2CCC[C@@H](C(F)(F)F)C2)n1. The first kappa shape index (κ1) is 18.4. The highest BCUT2D eigenvalue weighted by Gasteiger charge is 2.41. The number of anilines is 3. The van der Waals surface area contributed by atoms with Gasteiger partial charge in [-0.1, -0.05) is 18.2 Å². The minimum Gasteiger partial charge on any atom is -0.368 e. The van der Waals surface area contributed by atoms with E-state index in [1.54, 1.807) is 4.90 Å². The first-order valence-electron chi connectivity index (χ1n) is 8.43. The number of hydrogen-bond donors (Lipinski definition) is 2. The second-order valence-electron chi connectivity index (χ2n) is 6.49. The van der Waals surface area contributed by atoms with Crippen LogP contribution in [0.1, 0.15) is 24.2 Å². The second-order valence-corrected chi connectivity index (χ2v) is 6.49. The number of para-hydroxylation sites is 1. The molecular weight excluding hydrogens is 345 g/mol. The molecule has 9 heteroatoms. The van der Waals surface area contributed by atoms with Gasteiger partial charge < -0.3 is 11.1 Å². The Morgan fingerprint density at radius 1 is 1.23 bits per heavy atom. The summed E-state index contributed by atoms with van der Waals surface area (Å²) < 4.78 is 38.9. The lowest BCUT2D eigenvalue weighted by Crippen LogP contribution is -2.41. The van der Waals surface area contributed by atoms with Gasteiger partial charge >= 0.3 is 6.18 Å². The van der Waals surface area contributed by atoms with Crippen LogP contribution in [0, 0.1) is 12.8 Å². The highest BCUT2D eigenvalue weighted by molar-refractivity contribution is 5.58. The minimum absolute atomic E-state index is 0.0375. The van der Waals surface area contributed by atoms with Gasteiger partial charge in [0.05, 0.1) is 12.5 Å². The molecule has 26 heavy (non-hydrogen) atoms. The van der Waals surface area contributed by atoms with Crippen LogP contribution in [0.2, 0.25) is 0 Å². The van der Waals surface area contributed by atoms with E-state index in [1.165, 1.54) is 0 Å². The first-order valence-corrected chi connectivity index (χ1v) is 8.43. The summed E-state index contributed by atoms with van der Waals surface area (Å²) >= 11 is 0. The standard InChI is InChI=1S/C17H21F3N6/c1-11-5-2-3-7-13(11)22-16-24-14(23-15(21)25-16)10-26-8-4-6-12(9-26)17(18,19)20/h2-3,5,7,12H,4,6,8-10H2,1H3,(H3,21,22,23,24,25)/t12-/m1/s1. The Hall–Kier alpha value is -2.42. The van der Waals surface area contributed by atoms with E-state index in [0.29, 0.717) is 18.8 Å². The zero-order valence-corrected chi connectivity index (χ0v) is 14.4. The lowest BCUT2D eigenvalue weighted by atomic mass is 9.97. The van der Waals surface area contributed by atoms with E-state index in [0.717, 1.165) is 11.3 Å². The molecule has 0 spiro atoms. The van der Waals surface area contributed by atoms with Gasteiger partial charge in [-0.3, -0.25) is 4.90 Å². The van der Waals surface area contributed by atoms with Crippen LogP contribution in [0.25, 0.3) is 0 Å². The molecule has 0 aliphatic carbocycles. The van der Waals surface area contributed by atoms with Crippen LogP contribution in [0.5, 0.6) is 0 Å². The summed E-state index contributed by atoms with van der Waals surface area (Å²) in [4.78, 5) is 14.2. The number of halogens is 3. The van der Waals surface area contributed by atoms with Crippen molar-refractivity contribution in [1.29, 1.82) is 0 Å². The van der Waals surface area contributed by atoms with Crippen LogP contribution in [-0.4, -0.2) is 39.1 Å². The average molecular weight is 366 g/mol. The Bertz CT molecular complexity index is 764. The van der Waals surface area contributed by atoms with Crippen molar-refractivity contribution in [2.75, 3.05) is 24.1 Å². The number of likely N-dealkylation sites (tertiary alicyclic amines) is 1. The molecule has 1 atom stereocenters. The molecule has 1 aliphatic rings. The third-order valence-electron chi connectivity index (χ3n) is 4.42. The molecule has 1 saturated heterocycles. The monoisotopic (exact) mass is 366 g/mol. The number of rotatable bonds is 4. The highest BCUT2D eigenvalue weighted by Crippen LogP contribution is 2.33. The van der Waals surface area contributed by atoms with Gasteiger partial charge in [-0.2, -0.15) is 28.1 Å². The number of alkyl halides is 3. The molecule has 6 nitrogen and oxygen atoms in total. The van der Waals surface area contributed by atoms with Crippen LogP contribution in [0.4, 0.5) is 30.8 Å². The van der Waals surface area contributed by atoms with Gasteiger partial charge in [-0.15, -0.1) is 0 Å². The van der Waals surface area contributed by atoms with Crippen molar-refractivity contribution in [3.05, 3.63) is 35.7 Å². The summed E-state index contributed by atoms with van der Waals surface area (Å²) in [5.41, 5.74) is 7.60. The van der Waals surface area contributed by atoms with Gasteiger partial charge in [0, 0.05) is 12.2 Å². The maximum absolute atomic E-state index is 13.0. The number of benzene rings is 1. The molecule has 0 saturated carbocycles. The van der Waals surface area contributed by atoms with Gasteiger partial charge in [0.1, 0.15) is 5.82 Å². The van der Waals surface area contributed by atoms with Gasteiger partial charge in [0.25, 0.3) is 0 Å². The number of nitrogens with two attached hydrogens (primary N) is 1.